The summed E-state index contributed by atoms with van der Waals surface area (Å²) in [5, 5.41) is 4.22. The number of aryl methyl sites for hydroxylation is 1. The van der Waals surface area contributed by atoms with Gasteiger partial charge in [0.05, 0.1) is 15.7 Å². The number of carbonyl (C=O) groups is 1. The zero-order valence-electron chi connectivity index (χ0n) is 19.6. The number of rotatable bonds is 8. The van der Waals surface area contributed by atoms with Gasteiger partial charge in [-0.2, -0.15) is 0 Å². The number of piperazine rings is 1. The van der Waals surface area contributed by atoms with Crippen molar-refractivity contribution in [1.29, 1.82) is 0 Å². The number of unbranched alkanes of at least 4 members (excludes halogenated alkanes) is 1. The van der Waals surface area contributed by atoms with Crippen molar-refractivity contribution < 1.29 is 4.79 Å². The maximum absolute atomic E-state index is 12.3. The van der Waals surface area contributed by atoms with E-state index in [-0.39, 0.29) is 5.91 Å². The molecule has 1 saturated heterocycles. The number of nitrogens with zero attached hydrogens (tertiary/aromatic N) is 3. The molecule has 6 nitrogen and oxygen atoms in total. The lowest BCUT2D eigenvalue weighted by atomic mass is 10.2. The van der Waals surface area contributed by atoms with E-state index < -0.39 is 0 Å². The molecule has 2 aromatic rings. The maximum Gasteiger partial charge on any atom is 0.267 e. The third-order valence-electron chi connectivity index (χ3n) is 5.32. The lowest BCUT2D eigenvalue weighted by Crippen LogP contribution is -2.46. The normalized spacial score (nSPS) is 14.0. The zero-order valence-corrected chi connectivity index (χ0v) is 21.1. The highest BCUT2D eigenvalue weighted by Crippen LogP contribution is 2.32. The van der Waals surface area contributed by atoms with Gasteiger partial charge in [0, 0.05) is 38.9 Å². The Morgan fingerprint density at radius 2 is 1.97 bits per heavy atom. The minimum absolute atomic E-state index is 0.0809. The van der Waals surface area contributed by atoms with Gasteiger partial charge in [-0.05, 0) is 63.9 Å². The summed E-state index contributed by atoms with van der Waals surface area (Å²) in [5.74, 6) is 2.91. The number of aliphatic imine (C=N–C) groups is 1. The van der Waals surface area contributed by atoms with Crippen LogP contribution in [0.15, 0.2) is 29.3 Å². The molecule has 2 N–H and O–H groups in total. The SMILES string of the molecule is C#CC.C/C=N\c1[nH]c(C(=O)NCCCCN2CCN(c3cccc(Cl)c3Cl)CC2)cc1C. The number of halogens is 2. The number of anilines is 1. The second-order valence-electron chi connectivity index (χ2n) is 7.76. The fraction of sp³-hybridized carbons (Fsp3) is 0.440. The van der Waals surface area contributed by atoms with Crippen LogP contribution in [0.3, 0.4) is 0 Å². The number of amides is 1. The Morgan fingerprint density at radius 1 is 1.27 bits per heavy atom. The molecule has 2 heterocycles. The van der Waals surface area contributed by atoms with Crippen LogP contribution in [-0.4, -0.2) is 61.3 Å². The molecule has 1 aliphatic heterocycles. The first kappa shape index (κ1) is 26.8. The zero-order chi connectivity index (χ0) is 24.2. The molecule has 0 radical (unpaired) electrons. The van der Waals surface area contributed by atoms with Gasteiger partial charge in [0.2, 0.25) is 0 Å². The van der Waals surface area contributed by atoms with Gasteiger partial charge in [-0.25, -0.2) is 4.99 Å². The maximum atomic E-state index is 12.3. The molecule has 1 amide bonds. The summed E-state index contributed by atoms with van der Waals surface area (Å²) in [7, 11) is 0. The van der Waals surface area contributed by atoms with E-state index in [1.165, 1.54) is 0 Å². The van der Waals surface area contributed by atoms with Crippen LogP contribution in [0.1, 0.15) is 42.7 Å². The molecule has 0 unspecified atom stereocenters. The lowest BCUT2D eigenvalue weighted by molar-refractivity contribution is 0.0948. The molecule has 33 heavy (non-hydrogen) atoms. The Kier molecular flexibility index (Phi) is 11.3. The molecule has 0 atom stereocenters. The lowest BCUT2D eigenvalue weighted by Gasteiger charge is -2.36. The summed E-state index contributed by atoms with van der Waals surface area (Å²) in [6, 6.07) is 7.62. The summed E-state index contributed by atoms with van der Waals surface area (Å²) in [6.07, 6.45) is 8.31. The van der Waals surface area contributed by atoms with Crippen LogP contribution < -0.4 is 10.2 Å². The van der Waals surface area contributed by atoms with Crippen molar-refractivity contribution in [2.24, 2.45) is 4.99 Å². The molecule has 1 aromatic heterocycles. The molecule has 3 rings (SSSR count). The Labute approximate surface area is 207 Å². The van der Waals surface area contributed by atoms with Crippen LogP contribution in [-0.2, 0) is 0 Å². The molecular weight excluding hydrogens is 457 g/mol. The van der Waals surface area contributed by atoms with Crippen LogP contribution in [0.5, 0.6) is 0 Å². The fourth-order valence-electron chi connectivity index (χ4n) is 3.64. The van der Waals surface area contributed by atoms with Crippen molar-refractivity contribution in [1.82, 2.24) is 15.2 Å². The topological polar surface area (TPSA) is 63.7 Å². The van der Waals surface area contributed by atoms with Crippen molar-refractivity contribution >= 4 is 46.8 Å². The average molecular weight is 490 g/mol. The van der Waals surface area contributed by atoms with E-state index in [4.69, 9.17) is 23.2 Å². The standard InChI is InChI=1S/C22H29Cl2N5O.C3H4/c1-3-25-21-16(2)15-18(27-21)22(30)26-9-4-5-10-28-11-13-29(14-12-28)19-8-6-7-17(23)20(19)24;1-3-2/h3,6-8,15,27H,4-5,9-14H2,1-2H3,(H,26,30);1H,2H3/b25-3-;. The largest absolute Gasteiger partial charge is 0.368 e. The number of terminal acetylenes is 1. The third-order valence-corrected chi connectivity index (χ3v) is 6.13. The number of nitrogens with one attached hydrogen (secondary N) is 2. The van der Waals surface area contributed by atoms with E-state index in [1.54, 1.807) is 13.1 Å². The number of carbonyl (C=O) groups excluding carboxylic acids is 1. The fourth-order valence-corrected chi connectivity index (χ4v) is 4.05. The number of aromatic nitrogens is 1. The number of hydrogen-bond donors (Lipinski definition) is 2. The van der Waals surface area contributed by atoms with E-state index in [9.17, 15) is 4.79 Å². The minimum Gasteiger partial charge on any atom is -0.368 e. The summed E-state index contributed by atoms with van der Waals surface area (Å²) >= 11 is 12.5. The Morgan fingerprint density at radius 3 is 2.64 bits per heavy atom. The molecule has 0 bridgehead atoms. The van der Waals surface area contributed by atoms with Crippen molar-refractivity contribution in [2.45, 2.75) is 33.6 Å². The van der Waals surface area contributed by atoms with Gasteiger partial charge in [0.15, 0.2) is 0 Å². The van der Waals surface area contributed by atoms with Gasteiger partial charge in [-0.15, -0.1) is 12.3 Å². The molecule has 178 valence electrons. The quantitative estimate of drug-likeness (QED) is 0.299. The average Bonchev–Trinajstić information content (AvgIpc) is 3.17. The Hall–Kier alpha value is -2.46. The van der Waals surface area contributed by atoms with Crippen LogP contribution in [0.4, 0.5) is 11.5 Å². The molecule has 1 fully saturated rings. The monoisotopic (exact) mass is 489 g/mol. The van der Waals surface area contributed by atoms with Crippen molar-refractivity contribution in [3.8, 4) is 12.3 Å². The summed E-state index contributed by atoms with van der Waals surface area (Å²) in [4.78, 5) is 24.3. The molecule has 0 aliphatic carbocycles. The number of H-pyrrole nitrogens is 1. The minimum atomic E-state index is -0.0809. The molecular formula is C25H33Cl2N5O. The van der Waals surface area contributed by atoms with Gasteiger partial charge in [-0.3, -0.25) is 9.69 Å². The van der Waals surface area contributed by atoms with E-state index in [2.05, 4.69) is 37.4 Å². The third kappa shape index (κ3) is 8.12. The Balaban J connectivity index is 0.00000122. The highest BCUT2D eigenvalue weighted by atomic mass is 35.5. The van der Waals surface area contributed by atoms with E-state index >= 15 is 0 Å². The van der Waals surface area contributed by atoms with Crippen molar-refractivity contribution in [2.75, 3.05) is 44.2 Å². The van der Waals surface area contributed by atoms with Crippen LogP contribution >= 0.6 is 23.2 Å². The number of benzene rings is 1. The molecule has 1 aromatic carbocycles. The second-order valence-corrected chi connectivity index (χ2v) is 8.54. The molecule has 0 spiro atoms. The second kappa shape index (κ2) is 13.9. The predicted octanol–water partition coefficient (Wildman–Crippen LogP) is 5.32. The first-order chi connectivity index (χ1) is 15.9. The van der Waals surface area contributed by atoms with Crippen LogP contribution in [0.25, 0.3) is 0 Å². The van der Waals surface area contributed by atoms with E-state index in [1.807, 2.05) is 38.1 Å². The van der Waals surface area contributed by atoms with Gasteiger partial charge < -0.3 is 15.2 Å². The predicted molar refractivity (Wildman–Crippen MR) is 141 cm³/mol. The van der Waals surface area contributed by atoms with E-state index in [0.29, 0.717) is 22.3 Å². The molecule has 8 heteroatoms. The molecule has 1 aliphatic rings. The summed E-state index contributed by atoms with van der Waals surface area (Å²) in [5.41, 5.74) is 2.54. The van der Waals surface area contributed by atoms with Crippen molar-refractivity contribution in [3.05, 3.63) is 45.6 Å². The number of hydrogen-bond acceptors (Lipinski definition) is 4. The van der Waals surface area contributed by atoms with Crippen LogP contribution in [0.2, 0.25) is 10.0 Å². The Bertz CT molecular complexity index is 972. The summed E-state index contributed by atoms with van der Waals surface area (Å²) < 4.78 is 0. The van der Waals surface area contributed by atoms with Gasteiger partial charge in [-0.1, -0.05) is 29.3 Å². The van der Waals surface area contributed by atoms with Gasteiger partial charge in [0.1, 0.15) is 11.5 Å². The first-order valence-corrected chi connectivity index (χ1v) is 11.9. The van der Waals surface area contributed by atoms with Gasteiger partial charge >= 0.3 is 0 Å². The highest BCUT2D eigenvalue weighted by Gasteiger charge is 2.19. The van der Waals surface area contributed by atoms with Crippen molar-refractivity contribution in [3.63, 3.8) is 0 Å². The van der Waals surface area contributed by atoms with Gasteiger partial charge in [0.25, 0.3) is 5.91 Å². The van der Waals surface area contributed by atoms with E-state index in [0.717, 1.165) is 62.6 Å². The first-order valence-electron chi connectivity index (χ1n) is 11.2. The number of aromatic amines is 1. The molecule has 0 saturated carbocycles. The van der Waals surface area contributed by atoms with Crippen LogP contribution in [0, 0.1) is 19.3 Å². The summed E-state index contributed by atoms with van der Waals surface area (Å²) in [6.45, 7) is 11.0. The highest BCUT2D eigenvalue weighted by molar-refractivity contribution is 6.43. The smallest absolute Gasteiger partial charge is 0.267 e.